The van der Waals surface area contributed by atoms with Crippen LogP contribution < -0.4 is 5.32 Å². The summed E-state index contributed by atoms with van der Waals surface area (Å²) in [7, 11) is 2.04. The summed E-state index contributed by atoms with van der Waals surface area (Å²) in [6, 6.07) is 4.53. The average molecular weight is 315 g/mol. The fourth-order valence-electron chi connectivity index (χ4n) is 3.05. The van der Waals surface area contributed by atoms with Crippen LogP contribution in [-0.4, -0.2) is 31.6 Å². The van der Waals surface area contributed by atoms with Crippen molar-refractivity contribution in [3.8, 4) is 0 Å². The SMILES string of the molecule is CCN1CCCCC(CNC)C1c1ccc(Br)o1. The monoisotopic (exact) mass is 314 g/mol. The Morgan fingerprint density at radius 1 is 1.44 bits per heavy atom. The number of rotatable bonds is 4. The van der Waals surface area contributed by atoms with Crippen LogP contribution in [0.25, 0.3) is 0 Å². The highest BCUT2D eigenvalue weighted by atomic mass is 79.9. The highest BCUT2D eigenvalue weighted by Gasteiger charge is 2.31. The van der Waals surface area contributed by atoms with Crippen LogP contribution in [0.5, 0.6) is 0 Å². The fourth-order valence-corrected chi connectivity index (χ4v) is 3.37. The van der Waals surface area contributed by atoms with Crippen molar-refractivity contribution in [2.45, 2.75) is 32.2 Å². The fraction of sp³-hybridized carbons (Fsp3) is 0.714. The van der Waals surface area contributed by atoms with Crippen LogP contribution in [0.1, 0.15) is 38.0 Å². The van der Waals surface area contributed by atoms with Crippen LogP contribution in [0.15, 0.2) is 21.2 Å². The number of nitrogens with one attached hydrogen (secondary N) is 1. The summed E-state index contributed by atoms with van der Waals surface area (Å²) in [5.41, 5.74) is 0. The van der Waals surface area contributed by atoms with Crippen molar-refractivity contribution < 1.29 is 4.42 Å². The number of hydrogen-bond acceptors (Lipinski definition) is 3. The van der Waals surface area contributed by atoms with Gasteiger partial charge in [-0.1, -0.05) is 13.3 Å². The molecule has 2 heterocycles. The predicted octanol–water partition coefficient (Wildman–Crippen LogP) is 3.42. The lowest BCUT2D eigenvalue weighted by Crippen LogP contribution is -2.36. The molecule has 0 amide bonds. The van der Waals surface area contributed by atoms with Gasteiger partial charge >= 0.3 is 0 Å². The van der Waals surface area contributed by atoms with Crippen molar-refractivity contribution in [1.82, 2.24) is 10.2 Å². The van der Waals surface area contributed by atoms with Crippen molar-refractivity contribution in [3.63, 3.8) is 0 Å². The Bertz CT molecular complexity index is 366. The van der Waals surface area contributed by atoms with E-state index in [9.17, 15) is 0 Å². The van der Waals surface area contributed by atoms with E-state index in [1.807, 2.05) is 13.1 Å². The third kappa shape index (κ3) is 3.16. The molecule has 0 radical (unpaired) electrons. The van der Waals surface area contributed by atoms with Gasteiger partial charge in [0.1, 0.15) is 5.76 Å². The third-order valence-electron chi connectivity index (χ3n) is 3.87. The lowest BCUT2D eigenvalue weighted by atomic mass is 9.92. The van der Waals surface area contributed by atoms with Crippen LogP contribution in [0.4, 0.5) is 0 Å². The van der Waals surface area contributed by atoms with Gasteiger partial charge in [0.25, 0.3) is 0 Å². The smallest absolute Gasteiger partial charge is 0.169 e. The molecule has 18 heavy (non-hydrogen) atoms. The highest BCUT2D eigenvalue weighted by molar-refractivity contribution is 9.10. The first kappa shape index (κ1) is 14.1. The summed E-state index contributed by atoms with van der Waals surface area (Å²) >= 11 is 3.42. The molecule has 2 unspecified atom stereocenters. The van der Waals surface area contributed by atoms with E-state index in [2.05, 4.69) is 39.1 Å². The average Bonchev–Trinajstić information content (AvgIpc) is 2.68. The molecule has 1 aromatic heterocycles. The Labute approximate surface area is 118 Å². The first-order valence-corrected chi connectivity index (χ1v) is 7.69. The molecule has 1 aliphatic heterocycles. The zero-order chi connectivity index (χ0) is 13.0. The molecule has 3 nitrogen and oxygen atoms in total. The Kier molecular flexibility index (Phi) is 5.27. The van der Waals surface area contributed by atoms with Gasteiger partial charge in [-0.15, -0.1) is 0 Å². The number of likely N-dealkylation sites (tertiary alicyclic amines) is 1. The maximum Gasteiger partial charge on any atom is 0.169 e. The minimum absolute atomic E-state index is 0.413. The molecular weight excluding hydrogens is 292 g/mol. The standard InChI is InChI=1S/C14H23BrN2O/c1-3-17-9-5-4-6-11(10-16-2)14(17)12-7-8-13(15)18-12/h7-8,11,14,16H,3-6,9-10H2,1-2H3. The summed E-state index contributed by atoms with van der Waals surface area (Å²) in [5, 5.41) is 3.34. The van der Waals surface area contributed by atoms with Gasteiger partial charge in [0.2, 0.25) is 0 Å². The molecular formula is C14H23BrN2O. The third-order valence-corrected chi connectivity index (χ3v) is 4.29. The predicted molar refractivity (Wildman–Crippen MR) is 77.7 cm³/mol. The maximum atomic E-state index is 5.83. The second-order valence-corrected chi connectivity index (χ2v) is 5.81. The van der Waals surface area contributed by atoms with Crippen molar-refractivity contribution >= 4 is 15.9 Å². The van der Waals surface area contributed by atoms with Gasteiger partial charge in [0, 0.05) is 0 Å². The van der Waals surface area contributed by atoms with E-state index in [1.54, 1.807) is 0 Å². The zero-order valence-corrected chi connectivity index (χ0v) is 12.9. The van der Waals surface area contributed by atoms with Crippen LogP contribution in [0.2, 0.25) is 0 Å². The molecule has 0 saturated carbocycles. The van der Waals surface area contributed by atoms with E-state index in [4.69, 9.17) is 4.42 Å². The molecule has 0 spiro atoms. The molecule has 1 saturated heterocycles. The first-order chi connectivity index (χ1) is 8.76. The van der Waals surface area contributed by atoms with E-state index in [0.29, 0.717) is 12.0 Å². The molecule has 1 fully saturated rings. The summed E-state index contributed by atoms with van der Waals surface area (Å²) in [6.07, 6.45) is 3.90. The second kappa shape index (κ2) is 6.73. The molecule has 4 heteroatoms. The molecule has 1 aromatic rings. The van der Waals surface area contributed by atoms with E-state index in [0.717, 1.165) is 23.5 Å². The van der Waals surface area contributed by atoms with Crippen LogP contribution >= 0.6 is 15.9 Å². The molecule has 0 aliphatic carbocycles. The number of nitrogens with zero attached hydrogens (tertiary/aromatic N) is 1. The minimum atomic E-state index is 0.413. The largest absolute Gasteiger partial charge is 0.453 e. The molecule has 0 aromatic carbocycles. The van der Waals surface area contributed by atoms with E-state index in [1.165, 1.54) is 25.8 Å². The van der Waals surface area contributed by atoms with Gasteiger partial charge in [-0.25, -0.2) is 0 Å². The van der Waals surface area contributed by atoms with Crippen LogP contribution in [0.3, 0.4) is 0 Å². The second-order valence-electron chi connectivity index (χ2n) is 5.03. The quantitative estimate of drug-likeness (QED) is 0.923. The Balaban J connectivity index is 2.25. The van der Waals surface area contributed by atoms with Crippen LogP contribution in [0, 0.1) is 5.92 Å². The van der Waals surface area contributed by atoms with Gasteiger partial charge in [-0.2, -0.15) is 0 Å². The van der Waals surface area contributed by atoms with Gasteiger partial charge in [-0.05, 0) is 73.5 Å². The summed E-state index contributed by atoms with van der Waals surface area (Å²) in [4.78, 5) is 2.56. The lowest BCUT2D eigenvalue weighted by molar-refractivity contribution is 0.139. The summed E-state index contributed by atoms with van der Waals surface area (Å²) < 4.78 is 6.67. The molecule has 102 valence electrons. The Hall–Kier alpha value is -0.320. The molecule has 0 bridgehead atoms. The Morgan fingerprint density at radius 3 is 2.89 bits per heavy atom. The Morgan fingerprint density at radius 2 is 2.28 bits per heavy atom. The normalized spacial score (nSPS) is 26.2. The molecule has 2 atom stereocenters. The van der Waals surface area contributed by atoms with Gasteiger partial charge < -0.3 is 9.73 Å². The topological polar surface area (TPSA) is 28.4 Å². The van der Waals surface area contributed by atoms with Gasteiger partial charge in [-0.3, -0.25) is 4.90 Å². The van der Waals surface area contributed by atoms with Gasteiger partial charge in [0.15, 0.2) is 4.67 Å². The number of furan rings is 1. The highest BCUT2D eigenvalue weighted by Crippen LogP contribution is 2.36. The van der Waals surface area contributed by atoms with Crippen molar-refractivity contribution in [2.24, 2.45) is 5.92 Å². The summed E-state index contributed by atoms with van der Waals surface area (Å²) in [6.45, 7) is 5.56. The van der Waals surface area contributed by atoms with E-state index in [-0.39, 0.29) is 0 Å². The van der Waals surface area contributed by atoms with E-state index >= 15 is 0 Å². The molecule has 1 N–H and O–H groups in total. The molecule has 2 rings (SSSR count). The summed E-state index contributed by atoms with van der Waals surface area (Å²) in [5.74, 6) is 1.74. The number of hydrogen-bond donors (Lipinski definition) is 1. The maximum absolute atomic E-state index is 5.83. The van der Waals surface area contributed by atoms with Crippen molar-refractivity contribution in [3.05, 3.63) is 22.6 Å². The lowest BCUT2D eigenvalue weighted by Gasteiger charge is -2.32. The molecule has 1 aliphatic rings. The first-order valence-electron chi connectivity index (χ1n) is 6.90. The zero-order valence-electron chi connectivity index (χ0n) is 11.3. The van der Waals surface area contributed by atoms with Crippen molar-refractivity contribution in [1.29, 1.82) is 0 Å². The number of halogens is 1. The van der Waals surface area contributed by atoms with Crippen molar-refractivity contribution in [2.75, 3.05) is 26.7 Å². The minimum Gasteiger partial charge on any atom is -0.453 e. The van der Waals surface area contributed by atoms with E-state index < -0.39 is 0 Å². The van der Waals surface area contributed by atoms with Gasteiger partial charge in [0.05, 0.1) is 6.04 Å². The van der Waals surface area contributed by atoms with Crippen LogP contribution in [-0.2, 0) is 0 Å².